The van der Waals surface area contributed by atoms with E-state index in [0.29, 0.717) is 17.2 Å². The highest BCUT2D eigenvalue weighted by atomic mass is 32.2. The number of hydrogen-bond acceptors (Lipinski definition) is 8. The normalized spacial score (nSPS) is 15.9. The third-order valence-corrected chi connectivity index (χ3v) is 8.78. The number of hydrogen-bond donors (Lipinski definition) is 0. The van der Waals surface area contributed by atoms with Gasteiger partial charge in [0.25, 0.3) is 15.6 Å². The topological polar surface area (TPSA) is 93.3 Å². The minimum atomic E-state index is -3.91. The molecule has 0 saturated carbocycles. The predicted octanol–water partition coefficient (Wildman–Crippen LogP) is 1.77. The third-order valence-electron chi connectivity index (χ3n) is 5.68. The fourth-order valence-corrected chi connectivity index (χ4v) is 6.37. The number of nitrogens with zero attached hydrogens (tertiary/aromatic N) is 6. The molecule has 5 rings (SSSR count). The standard InChI is InChI=1S/C21H21FN6O3S2/c1-25-8-10-26(11-9-25)13-18-24-20-15(21(29)28(18)17-5-3-2-4-16(17)22)12-19(32-20)33(30,31)27-7-6-23-14-27/h2-7,12,14H,8-11,13H2,1H3. The van der Waals surface area contributed by atoms with Gasteiger partial charge in [-0.1, -0.05) is 12.1 Å². The van der Waals surface area contributed by atoms with E-state index in [1.54, 1.807) is 12.1 Å². The summed E-state index contributed by atoms with van der Waals surface area (Å²) in [4.78, 5) is 26.7. The Morgan fingerprint density at radius 2 is 1.91 bits per heavy atom. The number of fused-ring (bicyclic) bond motifs is 1. The van der Waals surface area contributed by atoms with E-state index in [4.69, 9.17) is 0 Å². The van der Waals surface area contributed by atoms with Gasteiger partial charge in [-0.05, 0) is 25.2 Å². The number of rotatable bonds is 5. The lowest BCUT2D eigenvalue weighted by Crippen LogP contribution is -2.44. The van der Waals surface area contributed by atoms with Crippen LogP contribution in [-0.4, -0.2) is 70.0 Å². The van der Waals surface area contributed by atoms with Crippen molar-refractivity contribution in [2.24, 2.45) is 0 Å². The minimum absolute atomic E-state index is 0.0306. The van der Waals surface area contributed by atoms with Crippen molar-refractivity contribution in [3.63, 3.8) is 0 Å². The zero-order valence-electron chi connectivity index (χ0n) is 17.8. The molecule has 1 aliphatic rings. The molecule has 12 heteroatoms. The molecule has 9 nitrogen and oxygen atoms in total. The smallest absolute Gasteiger partial charge is 0.278 e. The first-order valence-electron chi connectivity index (χ1n) is 10.3. The van der Waals surface area contributed by atoms with Crippen molar-refractivity contribution in [1.29, 1.82) is 0 Å². The third kappa shape index (κ3) is 3.99. The fourth-order valence-electron chi connectivity index (χ4n) is 3.81. The summed E-state index contributed by atoms with van der Waals surface area (Å²) in [5.41, 5.74) is -0.413. The summed E-state index contributed by atoms with van der Waals surface area (Å²) in [5.74, 6) is -0.183. The highest BCUT2D eigenvalue weighted by Crippen LogP contribution is 2.28. The molecule has 4 aromatic rings. The number of halogens is 1. The Morgan fingerprint density at radius 3 is 2.61 bits per heavy atom. The van der Waals surface area contributed by atoms with Gasteiger partial charge in [-0.3, -0.25) is 14.3 Å². The predicted molar refractivity (Wildman–Crippen MR) is 123 cm³/mol. The van der Waals surface area contributed by atoms with E-state index in [0.717, 1.165) is 41.5 Å². The number of piperazine rings is 1. The summed E-state index contributed by atoms with van der Waals surface area (Å²) < 4.78 is 42.8. The molecule has 0 radical (unpaired) electrons. The quantitative estimate of drug-likeness (QED) is 0.423. The van der Waals surface area contributed by atoms with Gasteiger partial charge < -0.3 is 4.90 Å². The summed E-state index contributed by atoms with van der Waals surface area (Å²) >= 11 is 0.920. The Morgan fingerprint density at radius 1 is 1.15 bits per heavy atom. The van der Waals surface area contributed by atoms with E-state index in [1.165, 1.54) is 41.5 Å². The Labute approximate surface area is 193 Å². The van der Waals surface area contributed by atoms with Crippen molar-refractivity contribution in [3.8, 4) is 5.69 Å². The second kappa shape index (κ2) is 8.45. The number of aromatic nitrogens is 4. The lowest BCUT2D eigenvalue weighted by molar-refractivity contribution is 0.144. The molecule has 3 aromatic heterocycles. The van der Waals surface area contributed by atoms with Gasteiger partial charge in [-0.15, -0.1) is 11.3 Å². The fraction of sp³-hybridized carbons (Fsp3) is 0.286. The lowest BCUT2D eigenvalue weighted by atomic mass is 10.2. The highest BCUT2D eigenvalue weighted by Gasteiger charge is 2.25. The summed E-state index contributed by atoms with van der Waals surface area (Å²) in [5, 5.41) is 0.129. The molecule has 33 heavy (non-hydrogen) atoms. The molecule has 0 N–H and O–H groups in total. The van der Waals surface area contributed by atoms with Crippen LogP contribution in [0.4, 0.5) is 4.39 Å². The van der Waals surface area contributed by atoms with Crippen LogP contribution in [0.3, 0.4) is 0 Å². The lowest BCUT2D eigenvalue weighted by Gasteiger charge is -2.32. The molecule has 172 valence electrons. The number of thiophene rings is 1. The molecule has 1 aliphatic heterocycles. The van der Waals surface area contributed by atoms with Gasteiger partial charge in [0.2, 0.25) is 0 Å². The van der Waals surface area contributed by atoms with E-state index >= 15 is 0 Å². The summed E-state index contributed by atoms with van der Waals surface area (Å²) in [7, 11) is -1.87. The maximum absolute atomic E-state index is 14.7. The largest absolute Gasteiger partial charge is 0.304 e. The second-order valence-corrected chi connectivity index (χ2v) is 11.0. The molecule has 0 aliphatic carbocycles. The van der Waals surface area contributed by atoms with Crippen molar-refractivity contribution in [2.75, 3.05) is 33.2 Å². The molecule has 1 saturated heterocycles. The maximum Gasteiger partial charge on any atom is 0.278 e. The average molecular weight is 489 g/mol. The van der Waals surface area contributed by atoms with Crippen LogP contribution in [0.2, 0.25) is 0 Å². The second-order valence-electron chi connectivity index (χ2n) is 7.88. The minimum Gasteiger partial charge on any atom is -0.304 e. The molecular weight excluding hydrogens is 467 g/mol. The van der Waals surface area contributed by atoms with E-state index in [1.807, 2.05) is 7.05 Å². The molecule has 0 unspecified atom stereocenters. The molecule has 1 fully saturated rings. The highest BCUT2D eigenvalue weighted by molar-refractivity contribution is 7.92. The molecule has 0 atom stereocenters. The number of para-hydroxylation sites is 1. The number of benzene rings is 1. The summed E-state index contributed by atoms with van der Waals surface area (Å²) in [6.07, 6.45) is 3.87. The van der Waals surface area contributed by atoms with Crippen LogP contribution >= 0.6 is 11.3 Å². The molecule has 0 spiro atoms. The Hall–Kier alpha value is -2.93. The summed E-state index contributed by atoms with van der Waals surface area (Å²) in [6.45, 7) is 3.66. The van der Waals surface area contributed by atoms with Gasteiger partial charge in [0.1, 0.15) is 27.0 Å². The zero-order valence-corrected chi connectivity index (χ0v) is 19.4. The average Bonchev–Trinajstić information content (AvgIpc) is 3.48. The maximum atomic E-state index is 14.7. The van der Waals surface area contributed by atoms with Crippen molar-refractivity contribution in [1.82, 2.24) is 28.3 Å². The Balaban J connectivity index is 1.68. The van der Waals surface area contributed by atoms with E-state index in [-0.39, 0.29) is 15.3 Å². The van der Waals surface area contributed by atoms with Crippen LogP contribution in [0.5, 0.6) is 0 Å². The van der Waals surface area contributed by atoms with E-state index in [2.05, 4.69) is 19.8 Å². The molecule has 0 amide bonds. The molecule has 0 bridgehead atoms. The number of imidazole rings is 1. The van der Waals surface area contributed by atoms with Crippen LogP contribution in [0, 0.1) is 5.82 Å². The SMILES string of the molecule is CN1CCN(Cc2nc3sc(S(=O)(=O)n4ccnc4)cc3c(=O)n2-c2ccccc2F)CC1. The van der Waals surface area contributed by atoms with E-state index in [9.17, 15) is 17.6 Å². The first-order valence-corrected chi connectivity index (χ1v) is 12.5. The van der Waals surface area contributed by atoms with Gasteiger partial charge in [0.15, 0.2) is 0 Å². The Kier molecular flexibility index (Phi) is 5.60. The molecule has 1 aromatic carbocycles. The van der Waals surface area contributed by atoms with Gasteiger partial charge >= 0.3 is 0 Å². The van der Waals surface area contributed by atoms with Crippen LogP contribution < -0.4 is 5.56 Å². The van der Waals surface area contributed by atoms with Crippen molar-refractivity contribution < 1.29 is 12.8 Å². The first kappa shape index (κ1) is 21.9. The molecule has 4 heterocycles. The van der Waals surface area contributed by atoms with Gasteiger partial charge in [0, 0.05) is 38.6 Å². The van der Waals surface area contributed by atoms with Crippen LogP contribution in [0.15, 0.2) is 58.1 Å². The van der Waals surface area contributed by atoms with Crippen molar-refractivity contribution in [3.05, 3.63) is 71.0 Å². The van der Waals surface area contributed by atoms with Crippen LogP contribution in [0.1, 0.15) is 5.82 Å². The monoisotopic (exact) mass is 488 g/mol. The van der Waals surface area contributed by atoms with Gasteiger partial charge in [0.05, 0.1) is 17.6 Å². The zero-order chi connectivity index (χ0) is 23.2. The van der Waals surface area contributed by atoms with Gasteiger partial charge in [-0.25, -0.2) is 18.3 Å². The first-order chi connectivity index (χ1) is 15.8. The Bertz CT molecular complexity index is 1470. The van der Waals surface area contributed by atoms with Crippen molar-refractivity contribution in [2.45, 2.75) is 10.8 Å². The van der Waals surface area contributed by atoms with E-state index < -0.39 is 21.4 Å². The molecular formula is C21H21FN6O3S2. The van der Waals surface area contributed by atoms with Crippen LogP contribution in [0.25, 0.3) is 15.9 Å². The van der Waals surface area contributed by atoms with Crippen LogP contribution in [-0.2, 0) is 16.6 Å². The number of likely N-dealkylation sites (N-methyl/N-ethyl adjacent to an activating group) is 1. The van der Waals surface area contributed by atoms with Gasteiger partial charge in [-0.2, -0.15) is 8.42 Å². The van der Waals surface area contributed by atoms with Crippen molar-refractivity contribution >= 4 is 31.6 Å². The summed E-state index contributed by atoms with van der Waals surface area (Å²) in [6, 6.07) is 7.32.